The first kappa shape index (κ1) is 11.9. The second kappa shape index (κ2) is 4.34. The molecule has 0 aromatic rings. The van der Waals surface area contributed by atoms with Crippen molar-refractivity contribution in [2.75, 3.05) is 60.4 Å². The molecule has 2 rings (SSSR count). The first-order valence-electron chi connectivity index (χ1n) is 6.27. The summed E-state index contributed by atoms with van der Waals surface area (Å²) in [7, 11) is 6.56. The van der Waals surface area contributed by atoms with Crippen LogP contribution in [-0.4, -0.2) is 80.6 Å². The summed E-state index contributed by atoms with van der Waals surface area (Å²) in [5.41, 5.74) is 0. The van der Waals surface area contributed by atoms with Gasteiger partial charge in [-0.2, -0.15) is 0 Å². The summed E-state index contributed by atoms with van der Waals surface area (Å²) in [6, 6.07) is 0. The average molecular weight is 226 g/mol. The summed E-state index contributed by atoms with van der Waals surface area (Å²) in [4.78, 5) is 16.6. The summed E-state index contributed by atoms with van der Waals surface area (Å²) < 4.78 is 1.00. The Balaban J connectivity index is 1.89. The fourth-order valence-corrected chi connectivity index (χ4v) is 2.77. The molecule has 4 heteroatoms. The van der Waals surface area contributed by atoms with Gasteiger partial charge in [0.25, 0.3) is 0 Å². The number of carbonyl (C=O) groups excluding carboxylic acids is 1. The van der Waals surface area contributed by atoms with Crippen LogP contribution >= 0.6 is 0 Å². The van der Waals surface area contributed by atoms with Gasteiger partial charge in [-0.1, -0.05) is 0 Å². The Kier molecular flexibility index (Phi) is 3.22. The molecule has 2 aliphatic rings. The van der Waals surface area contributed by atoms with Crippen molar-refractivity contribution in [1.82, 2.24) is 9.80 Å². The van der Waals surface area contributed by atoms with E-state index in [0.717, 1.165) is 50.2 Å². The van der Waals surface area contributed by atoms with Gasteiger partial charge in [0.2, 0.25) is 5.91 Å². The molecule has 2 fully saturated rings. The van der Waals surface area contributed by atoms with Crippen molar-refractivity contribution in [2.45, 2.75) is 6.42 Å². The number of carbonyl (C=O) groups is 1. The van der Waals surface area contributed by atoms with Crippen molar-refractivity contribution in [1.29, 1.82) is 0 Å². The highest BCUT2D eigenvalue weighted by Crippen LogP contribution is 2.22. The van der Waals surface area contributed by atoms with E-state index in [1.807, 2.05) is 0 Å². The Morgan fingerprint density at radius 2 is 1.81 bits per heavy atom. The molecule has 2 heterocycles. The predicted octanol–water partition coefficient (Wildman–Crippen LogP) is -0.143. The zero-order valence-electron chi connectivity index (χ0n) is 10.8. The van der Waals surface area contributed by atoms with Crippen molar-refractivity contribution in [3.8, 4) is 0 Å². The van der Waals surface area contributed by atoms with Crippen LogP contribution in [0.1, 0.15) is 6.42 Å². The van der Waals surface area contributed by atoms with Gasteiger partial charge in [0.05, 0.1) is 33.1 Å². The molecule has 92 valence electrons. The first-order valence-corrected chi connectivity index (χ1v) is 6.27. The van der Waals surface area contributed by atoms with Gasteiger partial charge < -0.3 is 14.3 Å². The maximum Gasteiger partial charge on any atom is 0.231 e. The van der Waals surface area contributed by atoms with Crippen LogP contribution in [0.5, 0.6) is 0 Å². The maximum atomic E-state index is 12.3. The smallest absolute Gasteiger partial charge is 0.231 e. The van der Waals surface area contributed by atoms with Gasteiger partial charge in [0, 0.05) is 32.6 Å². The molecule has 0 aromatic heterocycles. The minimum Gasteiger partial charge on any atom is -0.340 e. The molecule has 2 aliphatic heterocycles. The molecule has 0 spiro atoms. The molecule has 4 nitrogen and oxygen atoms in total. The lowest BCUT2D eigenvalue weighted by atomic mass is 10.1. The number of amides is 1. The Morgan fingerprint density at radius 1 is 1.19 bits per heavy atom. The average Bonchev–Trinajstić information content (AvgIpc) is 2.59. The molecule has 2 saturated heterocycles. The molecule has 16 heavy (non-hydrogen) atoms. The second-order valence-corrected chi connectivity index (χ2v) is 5.96. The molecule has 0 N–H and O–H groups in total. The van der Waals surface area contributed by atoms with Crippen LogP contribution in [-0.2, 0) is 4.79 Å². The number of quaternary nitrogens is 1. The SMILES string of the molecule is CN1CCN(C(=O)C2CC[N+](C)(C)C2)CC1. The third kappa shape index (κ3) is 2.55. The highest BCUT2D eigenvalue weighted by atomic mass is 16.2. The fraction of sp³-hybridized carbons (Fsp3) is 0.917. The maximum absolute atomic E-state index is 12.3. The number of hydrogen-bond donors (Lipinski definition) is 0. The molecule has 0 saturated carbocycles. The second-order valence-electron chi connectivity index (χ2n) is 5.96. The zero-order chi connectivity index (χ0) is 11.8. The van der Waals surface area contributed by atoms with Crippen LogP contribution < -0.4 is 0 Å². The van der Waals surface area contributed by atoms with Gasteiger partial charge in [-0.15, -0.1) is 0 Å². The Hall–Kier alpha value is -0.610. The van der Waals surface area contributed by atoms with Gasteiger partial charge >= 0.3 is 0 Å². The van der Waals surface area contributed by atoms with Gasteiger partial charge in [0.15, 0.2) is 0 Å². The monoisotopic (exact) mass is 226 g/mol. The molecule has 1 unspecified atom stereocenters. The fourth-order valence-electron chi connectivity index (χ4n) is 2.77. The normalized spacial score (nSPS) is 30.7. The van der Waals surface area contributed by atoms with Crippen LogP contribution in [0, 0.1) is 5.92 Å². The molecular weight excluding hydrogens is 202 g/mol. The molecule has 0 radical (unpaired) electrons. The number of hydrogen-bond acceptors (Lipinski definition) is 2. The van der Waals surface area contributed by atoms with Crippen molar-refractivity contribution in [3.05, 3.63) is 0 Å². The van der Waals surface area contributed by atoms with Gasteiger partial charge in [-0.25, -0.2) is 0 Å². The number of nitrogens with zero attached hydrogens (tertiary/aromatic N) is 3. The molecule has 1 atom stereocenters. The van der Waals surface area contributed by atoms with Gasteiger partial charge in [-0.3, -0.25) is 4.79 Å². The van der Waals surface area contributed by atoms with Crippen molar-refractivity contribution in [3.63, 3.8) is 0 Å². The minimum absolute atomic E-state index is 0.276. The molecule has 0 aliphatic carbocycles. The van der Waals surface area contributed by atoms with E-state index in [9.17, 15) is 4.79 Å². The topological polar surface area (TPSA) is 23.6 Å². The highest BCUT2D eigenvalue weighted by molar-refractivity contribution is 5.79. The van der Waals surface area contributed by atoms with Crippen LogP contribution in [0.3, 0.4) is 0 Å². The molecule has 0 aromatic carbocycles. The number of piperazine rings is 1. The van der Waals surface area contributed by atoms with E-state index in [-0.39, 0.29) is 5.92 Å². The number of likely N-dealkylation sites (tertiary alicyclic amines) is 1. The highest BCUT2D eigenvalue weighted by Gasteiger charge is 2.37. The number of rotatable bonds is 1. The van der Waals surface area contributed by atoms with E-state index < -0.39 is 0 Å². The summed E-state index contributed by atoms with van der Waals surface area (Å²) in [5, 5.41) is 0. The Labute approximate surface area is 98.4 Å². The van der Waals surface area contributed by atoms with Crippen LogP contribution in [0.15, 0.2) is 0 Å². The number of likely N-dealkylation sites (N-methyl/N-ethyl adjacent to an activating group) is 1. The quantitative estimate of drug-likeness (QED) is 0.581. The van der Waals surface area contributed by atoms with Crippen LogP contribution in [0.4, 0.5) is 0 Å². The van der Waals surface area contributed by atoms with Crippen molar-refractivity contribution < 1.29 is 9.28 Å². The summed E-state index contributed by atoms with van der Waals surface area (Å²) >= 11 is 0. The van der Waals surface area contributed by atoms with Crippen molar-refractivity contribution in [2.24, 2.45) is 5.92 Å². The van der Waals surface area contributed by atoms with E-state index in [1.54, 1.807) is 0 Å². The lowest BCUT2D eigenvalue weighted by Crippen LogP contribution is -2.49. The van der Waals surface area contributed by atoms with Crippen LogP contribution in [0.2, 0.25) is 0 Å². The van der Waals surface area contributed by atoms with E-state index in [2.05, 4.69) is 30.9 Å². The van der Waals surface area contributed by atoms with Crippen LogP contribution in [0.25, 0.3) is 0 Å². The third-order valence-corrected chi connectivity index (χ3v) is 3.96. The third-order valence-electron chi connectivity index (χ3n) is 3.96. The Bertz CT molecular complexity index is 269. The molecule has 1 amide bonds. The van der Waals surface area contributed by atoms with E-state index in [1.165, 1.54) is 0 Å². The summed E-state index contributed by atoms with van der Waals surface area (Å²) in [6.45, 7) is 6.04. The standard InChI is InChI=1S/C12H24N3O/c1-13-5-7-14(8-6-13)12(16)11-4-9-15(2,3)10-11/h11H,4-10H2,1-3H3/q+1. The molecule has 0 bridgehead atoms. The Morgan fingerprint density at radius 3 is 2.31 bits per heavy atom. The summed E-state index contributed by atoms with van der Waals surface area (Å²) in [6.07, 6.45) is 1.07. The first-order chi connectivity index (χ1) is 7.48. The molecular formula is C12H24N3O+. The van der Waals surface area contributed by atoms with Gasteiger partial charge in [0.1, 0.15) is 0 Å². The lowest BCUT2D eigenvalue weighted by Gasteiger charge is -2.34. The lowest BCUT2D eigenvalue weighted by molar-refractivity contribution is -0.878. The van der Waals surface area contributed by atoms with E-state index >= 15 is 0 Å². The largest absolute Gasteiger partial charge is 0.340 e. The van der Waals surface area contributed by atoms with Gasteiger partial charge in [-0.05, 0) is 7.05 Å². The predicted molar refractivity (Wildman–Crippen MR) is 64.0 cm³/mol. The van der Waals surface area contributed by atoms with E-state index in [4.69, 9.17) is 0 Å². The zero-order valence-corrected chi connectivity index (χ0v) is 10.8. The van der Waals surface area contributed by atoms with Crippen molar-refractivity contribution >= 4 is 5.91 Å². The van der Waals surface area contributed by atoms with E-state index in [0.29, 0.717) is 5.91 Å². The summed E-state index contributed by atoms with van der Waals surface area (Å²) in [5.74, 6) is 0.676. The minimum atomic E-state index is 0.276.